The first kappa shape index (κ1) is 15.5. The van der Waals surface area contributed by atoms with Gasteiger partial charge in [-0.3, -0.25) is 9.88 Å². The van der Waals surface area contributed by atoms with Gasteiger partial charge in [0.25, 0.3) is 0 Å². The van der Waals surface area contributed by atoms with E-state index >= 15 is 0 Å². The fourth-order valence-corrected chi connectivity index (χ4v) is 2.12. The molecule has 0 radical (unpaired) electrons. The minimum absolute atomic E-state index is 0.500. The Morgan fingerprint density at radius 1 is 1.33 bits per heavy atom. The van der Waals surface area contributed by atoms with Crippen LogP contribution in [0.25, 0.3) is 0 Å². The van der Waals surface area contributed by atoms with Gasteiger partial charge in [-0.25, -0.2) is 0 Å². The predicted molar refractivity (Wildman–Crippen MR) is 80.9 cm³/mol. The maximum Gasteiger partial charge on any atom is 0.0547 e. The van der Waals surface area contributed by atoms with Crippen LogP contribution in [0, 0.1) is 0 Å². The number of hydrogen-bond acceptors (Lipinski definition) is 4. The molecule has 1 aromatic heterocycles. The van der Waals surface area contributed by atoms with Gasteiger partial charge in [0.1, 0.15) is 0 Å². The first-order valence-corrected chi connectivity index (χ1v) is 7.87. The Bertz CT molecular complexity index is 342. The molecule has 0 saturated carbocycles. The number of thioether (sulfide) groups is 1. The van der Waals surface area contributed by atoms with E-state index in [1.54, 1.807) is 0 Å². The van der Waals surface area contributed by atoms with Crippen LogP contribution in [-0.2, 0) is 13.1 Å². The van der Waals surface area contributed by atoms with Crippen LogP contribution in [0.1, 0.15) is 25.2 Å². The largest absolute Gasteiger partial charge is 0.309 e. The van der Waals surface area contributed by atoms with E-state index in [1.807, 2.05) is 11.8 Å². The molecule has 102 valence electrons. The molecule has 0 aliphatic carbocycles. The molecule has 3 nitrogen and oxygen atoms in total. The SMILES string of the molecule is CSCCN(C)Cc1cccc(CNC(C)C)n1. The Morgan fingerprint density at radius 3 is 2.72 bits per heavy atom. The highest BCUT2D eigenvalue weighted by Gasteiger charge is 2.03. The summed E-state index contributed by atoms with van der Waals surface area (Å²) in [6, 6.07) is 6.79. The maximum atomic E-state index is 4.68. The molecule has 1 N–H and O–H groups in total. The minimum atomic E-state index is 0.500. The number of rotatable bonds is 8. The lowest BCUT2D eigenvalue weighted by Gasteiger charge is -2.16. The van der Waals surface area contributed by atoms with Gasteiger partial charge in [-0.1, -0.05) is 19.9 Å². The summed E-state index contributed by atoms with van der Waals surface area (Å²) in [5, 5.41) is 3.40. The highest BCUT2D eigenvalue weighted by Crippen LogP contribution is 2.04. The molecular weight excluding hydrogens is 242 g/mol. The van der Waals surface area contributed by atoms with Crippen molar-refractivity contribution in [3.63, 3.8) is 0 Å². The normalized spacial score (nSPS) is 11.4. The van der Waals surface area contributed by atoms with Crippen LogP contribution < -0.4 is 5.32 Å². The Balaban J connectivity index is 2.48. The average Bonchev–Trinajstić information content (AvgIpc) is 2.34. The maximum absolute atomic E-state index is 4.68. The minimum Gasteiger partial charge on any atom is -0.309 e. The van der Waals surface area contributed by atoms with E-state index in [-0.39, 0.29) is 0 Å². The van der Waals surface area contributed by atoms with Crippen molar-refractivity contribution >= 4 is 11.8 Å². The number of nitrogens with one attached hydrogen (secondary N) is 1. The Labute approximate surface area is 115 Å². The van der Waals surface area contributed by atoms with Gasteiger partial charge in [-0.2, -0.15) is 11.8 Å². The molecule has 4 heteroatoms. The third-order valence-corrected chi connectivity index (χ3v) is 3.26. The third-order valence-electron chi connectivity index (χ3n) is 2.66. The first-order chi connectivity index (χ1) is 8.61. The summed E-state index contributed by atoms with van der Waals surface area (Å²) in [5.74, 6) is 1.17. The summed E-state index contributed by atoms with van der Waals surface area (Å²) < 4.78 is 0. The van der Waals surface area contributed by atoms with E-state index in [1.165, 1.54) is 5.75 Å². The topological polar surface area (TPSA) is 28.2 Å². The van der Waals surface area contributed by atoms with Crippen LogP contribution in [0.2, 0.25) is 0 Å². The molecule has 0 aliphatic rings. The zero-order valence-corrected chi connectivity index (χ0v) is 12.8. The van der Waals surface area contributed by atoms with Gasteiger partial charge in [0.15, 0.2) is 0 Å². The van der Waals surface area contributed by atoms with Crippen molar-refractivity contribution in [1.29, 1.82) is 0 Å². The van der Waals surface area contributed by atoms with Gasteiger partial charge >= 0.3 is 0 Å². The Morgan fingerprint density at radius 2 is 2.06 bits per heavy atom. The van der Waals surface area contributed by atoms with E-state index in [9.17, 15) is 0 Å². The molecule has 0 spiro atoms. The van der Waals surface area contributed by atoms with Gasteiger partial charge in [0.2, 0.25) is 0 Å². The molecule has 0 aliphatic heterocycles. The summed E-state index contributed by atoms with van der Waals surface area (Å²) in [6.45, 7) is 7.19. The standard InChI is InChI=1S/C14H25N3S/c1-12(2)15-10-13-6-5-7-14(16-13)11-17(3)8-9-18-4/h5-7,12,15H,8-11H2,1-4H3. The fourth-order valence-electron chi connectivity index (χ4n) is 1.63. The van der Waals surface area contributed by atoms with Crippen molar-refractivity contribution in [3.05, 3.63) is 29.6 Å². The van der Waals surface area contributed by atoms with Crippen molar-refractivity contribution in [2.24, 2.45) is 0 Å². The molecule has 0 unspecified atom stereocenters. The van der Waals surface area contributed by atoms with E-state index in [0.29, 0.717) is 6.04 Å². The molecule has 0 atom stereocenters. The number of aromatic nitrogens is 1. The molecule has 0 amide bonds. The van der Waals surface area contributed by atoms with Crippen LogP contribution in [0.15, 0.2) is 18.2 Å². The highest BCUT2D eigenvalue weighted by molar-refractivity contribution is 7.98. The van der Waals surface area contributed by atoms with E-state index in [0.717, 1.165) is 31.0 Å². The molecule has 18 heavy (non-hydrogen) atoms. The predicted octanol–water partition coefficient (Wildman–Crippen LogP) is 2.37. The van der Waals surface area contributed by atoms with Crippen LogP contribution in [0.5, 0.6) is 0 Å². The summed E-state index contributed by atoms with van der Waals surface area (Å²) in [4.78, 5) is 7.00. The van der Waals surface area contributed by atoms with E-state index in [4.69, 9.17) is 0 Å². The summed E-state index contributed by atoms with van der Waals surface area (Å²) in [7, 11) is 2.15. The molecule has 0 bridgehead atoms. The Kier molecular flexibility index (Phi) is 7.32. The summed E-state index contributed by atoms with van der Waals surface area (Å²) >= 11 is 1.88. The van der Waals surface area contributed by atoms with Gasteiger partial charge in [-0.05, 0) is 25.4 Å². The summed E-state index contributed by atoms with van der Waals surface area (Å²) in [5.41, 5.74) is 2.28. The van der Waals surface area contributed by atoms with Crippen LogP contribution >= 0.6 is 11.8 Å². The Hall–Kier alpha value is -0.580. The number of nitrogens with zero attached hydrogens (tertiary/aromatic N) is 2. The lowest BCUT2D eigenvalue weighted by atomic mass is 10.2. The molecule has 0 saturated heterocycles. The zero-order chi connectivity index (χ0) is 13.4. The monoisotopic (exact) mass is 267 g/mol. The van der Waals surface area contributed by atoms with Gasteiger partial charge < -0.3 is 5.32 Å². The number of pyridine rings is 1. The second-order valence-electron chi connectivity index (χ2n) is 4.89. The molecule has 1 aromatic rings. The quantitative estimate of drug-likeness (QED) is 0.783. The van der Waals surface area contributed by atoms with Crippen molar-refractivity contribution < 1.29 is 0 Å². The van der Waals surface area contributed by atoms with Crippen LogP contribution in [0.3, 0.4) is 0 Å². The lowest BCUT2D eigenvalue weighted by Crippen LogP contribution is -2.24. The third kappa shape index (κ3) is 6.38. The van der Waals surface area contributed by atoms with Crippen molar-refractivity contribution in [1.82, 2.24) is 15.2 Å². The van der Waals surface area contributed by atoms with Crippen LogP contribution in [0.4, 0.5) is 0 Å². The van der Waals surface area contributed by atoms with Gasteiger partial charge in [0, 0.05) is 31.4 Å². The molecule has 1 heterocycles. The van der Waals surface area contributed by atoms with Crippen LogP contribution in [-0.4, -0.2) is 41.5 Å². The molecule has 1 rings (SSSR count). The van der Waals surface area contributed by atoms with E-state index < -0.39 is 0 Å². The van der Waals surface area contributed by atoms with Gasteiger partial charge in [0.05, 0.1) is 11.4 Å². The first-order valence-electron chi connectivity index (χ1n) is 6.47. The fraction of sp³-hybridized carbons (Fsp3) is 0.643. The van der Waals surface area contributed by atoms with Crippen molar-refractivity contribution in [3.8, 4) is 0 Å². The second kappa shape index (κ2) is 8.51. The molecule has 0 aromatic carbocycles. The van der Waals surface area contributed by atoms with Crippen molar-refractivity contribution in [2.45, 2.75) is 33.0 Å². The van der Waals surface area contributed by atoms with Crippen molar-refractivity contribution in [2.75, 3.05) is 25.6 Å². The average molecular weight is 267 g/mol. The molecular formula is C14H25N3S. The highest BCUT2D eigenvalue weighted by atomic mass is 32.2. The number of hydrogen-bond donors (Lipinski definition) is 1. The van der Waals surface area contributed by atoms with E-state index in [2.05, 4.69) is 60.6 Å². The lowest BCUT2D eigenvalue weighted by molar-refractivity contribution is 0.344. The second-order valence-corrected chi connectivity index (χ2v) is 5.87. The smallest absolute Gasteiger partial charge is 0.0547 e. The molecule has 0 fully saturated rings. The summed E-state index contributed by atoms with van der Waals surface area (Å²) in [6.07, 6.45) is 2.14. The van der Waals surface area contributed by atoms with Gasteiger partial charge in [-0.15, -0.1) is 0 Å². The zero-order valence-electron chi connectivity index (χ0n) is 11.9.